The van der Waals surface area contributed by atoms with E-state index in [1.165, 1.54) is 0 Å². The normalized spacial score (nSPS) is 10.2. The van der Waals surface area contributed by atoms with Crippen molar-refractivity contribution in [3.63, 3.8) is 0 Å². The topological polar surface area (TPSA) is 64.3 Å². The first-order valence-corrected chi connectivity index (χ1v) is 6.94. The van der Waals surface area contributed by atoms with Gasteiger partial charge >= 0.3 is 0 Å². The smallest absolute Gasteiger partial charge is 0.220 e. The quantitative estimate of drug-likeness (QED) is 0.672. The van der Waals surface area contributed by atoms with E-state index in [2.05, 4.69) is 12.2 Å². The van der Waals surface area contributed by atoms with Crippen LogP contribution in [0.25, 0.3) is 0 Å². The molecule has 0 aliphatic rings. The number of rotatable bonds is 9. The Morgan fingerprint density at radius 1 is 1.37 bits per heavy atom. The summed E-state index contributed by atoms with van der Waals surface area (Å²) in [5, 5.41) is 2.88. The van der Waals surface area contributed by atoms with E-state index in [4.69, 9.17) is 10.5 Å². The molecule has 0 saturated heterocycles. The number of nitrogens with two attached hydrogens (primary N) is 1. The minimum Gasteiger partial charge on any atom is -0.494 e. The lowest BCUT2D eigenvalue weighted by atomic mass is 10.2. The van der Waals surface area contributed by atoms with Gasteiger partial charge in [-0.05, 0) is 37.1 Å². The average molecular weight is 264 g/mol. The molecule has 0 saturated carbocycles. The van der Waals surface area contributed by atoms with Crippen LogP contribution in [0.3, 0.4) is 0 Å². The molecule has 0 heterocycles. The van der Waals surface area contributed by atoms with E-state index in [1.807, 2.05) is 24.3 Å². The Morgan fingerprint density at radius 2 is 2.21 bits per heavy atom. The van der Waals surface area contributed by atoms with E-state index >= 15 is 0 Å². The van der Waals surface area contributed by atoms with Crippen LogP contribution in [0.5, 0.6) is 5.75 Å². The molecule has 1 amide bonds. The van der Waals surface area contributed by atoms with Crippen molar-refractivity contribution in [2.24, 2.45) is 5.73 Å². The van der Waals surface area contributed by atoms with Gasteiger partial charge in [0.1, 0.15) is 5.75 Å². The van der Waals surface area contributed by atoms with Gasteiger partial charge in [0.2, 0.25) is 5.91 Å². The average Bonchev–Trinajstić information content (AvgIpc) is 2.44. The number of amides is 1. The number of benzene rings is 1. The van der Waals surface area contributed by atoms with Crippen LogP contribution < -0.4 is 15.8 Å². The Labute approximate surface area is 115 Å². The molecule has 1 aromatic rings. The minimum absolute atomic E-state index is 0.0442. The summed E-state index contributed by atoms with van der Waals surface area (Å²) in [4.78, 5) is 11.5. The molecule has 0 bridgehead atoms. The Bertz CT molecular complexity index is 380. The Hall–Kier alpha value is -1.55. The van der Waals surface area contributed by atoms with E-state index < -0.39 is 0 Å². The van der Waals surface area contributed by atoms with Crippen molar-refractivity contribution in [2.75, 3.05) is 13.2 Å². The van der Waals surface area contributed by atoms with Crippen molar-refractivity contribution in [1.29, 1.82) is 0 Å². The molecule has 1 rings (SSSR count). The highest BCUT2D eigenvalue weighted by Gasteiger charge is 2.01. The Balaban J connectivity index is 2.37. The van der Waals surface area contributed by atoms with Crippen molar-refractivity contribution in [2.45, 2.75) is 39.2 Å². The van der Waals surface area contributed by atoms with Gasteiger partial charge in [-0.2, -0.15) is 0 Å². The van der Waals surface area contributed by atoms with Gasteiger partial charge in [0.15, 0.2) is 0 Å². The maximum Gasteiger partial charge on any atom is 0.220 e. The Kier molecular flexibility index (Phi) is 7.66. The predicted octanol–water partition coefficient (Wildman–Crippen LogP) is 2.22. The molecule has 0 atom stereocenters. The van der Waals surface area contributed by atoms with Crippen molar-refractivity contribution in [1.82, 2.24) is 5.32 Å². The van der Waals surface area contributed by atoms with Gasteiger partial charge in [-0.15, -0.1) is 0 Å². The van der Waals surface area contributed by atoms with Crippen LogP contribution in [0.2, 0.25) is 0 Å². The third-order valence-electron chi connectivity index (χ3n) is 2.76. The van der Waals surface area contributed by atoms with Gasteiger partial charge in [-0.25, -0.2) is 0 Å². The second-order valence-corrected chi connectivity index (χ2v) is 4.52. The molecule has 3 N–H and O–H groups in total. The van der Waals surface area contributed by atoms with Crippen molar-refractivity contribution < 1.29 is 9.53 Å². The molecule has 106 valence electrons. The van der Waals surface area contributed by atoms with Crippen LogP contribution in [0, 0.1) is 0 Å². The highest BCUT2D eigenvalue weighted by molar-refractivity contribution is 5.75. The van der Waals surface area contributed by atoms with Gasteiger partial charge in [-0.3, -0.25) is 4.79 Å². The van der Waals surface area contributed by atoms with E-state index in [9.17, 15) is 4.79 Å². The molecule has 0 aliphatic heterocycles. The molecular weight excluding hydrogens is 240 g/mol. The van der Waals surface area contributed by atoms with Gasteiger partial charge in [0, 0.05) is 13.0 Å². The molecule has 19 heavy (non-hydrogen) atoms. The number of hydrogen-bond donors (Lipinski definition) is 2. The van der Waals surface area contributed by atoms with Crippen LogP contribution in [0.4, 0.5) is 0 Å². The van der Waals surface area contributed by atoms with Crippen LogP contribution in [-0.4, -0.2) is 19.1 Å². The van der Waals surface area contributed by atoms with E-state index in [0.717, 1.165) is 37.2 Å². The number of unbranched alkanes of at least 4 members (excludes halogenated alkanes) is 1. The second kappa shape index (κ2) is 9.39. The maximum absolute atomic E-state index is 11.5. The lowest BCUT2D eigenvalue weighted by molar-refractivity contribution is -0.121. The molecular formula is C15H24N2O2. The summed E-state index contributed by atoms with van der Waals surface area (Å²) in [6, 6.07) is 7.84. The summed E-state index contributed by atoms with van der Waals surface area (Å²) in [6.45, 7) is 3.96. The largest absolute Gasteiger partial charge is 0.494 e. The Morgan fingerprint density at radius 3 is 2.95 bits per heavy atom. The van der Waals surface area contributed by atoms with Gasteiger partial charge < -0.3 is 15.8 Å². The van der Waals surface area contributed by atoms with Gasteiger partial charge in [0.05, 0.1) is 6.61 Å². The first-order valence-electron chi connectivity index (χ1n) is 6.94. The van der Waals surface area contributed by atoms with E-state index in [-0.39, 0.29) is 5.91 Å². The zero-order valence-electron chi connectivity index (χ0n) is 11.7. The van der Waals surface area contributed by atoms with Crippen LogP contribution in [0.15, 0.2) is 24.3 Å². The fraction of sp³-hybridized carbons (Fsp3) is 0.533. The lowest BCUT2D eigenvalue weighted by Crippen LogP contribution is -2.23. The summed E-state index contributed by atoms with van der Waals surface area (Å²) in [5.41, 5.74) is 6.42. The van der Waals surface area contributed by atoms with E-state index in [1.54, 1.807) is 0 Å². The molecule has 4 nitrogen and oxygen atoms in total. The van der Waals surface area contributed by atoms with E-state index in [0.29, 0.717) is 19.5 Å². The standard InChI is InChI=1S/C15H24N2O2/c1-2-3-10-19-14-7-4-6-13(11-14)12-17-15(18)8-5-9-16/h4,6-7,11H,2-3,5,8-10,12,16H2,1H3,(H,17,18). The number of ether oxygens (including phenoxy) is 1. The van der Waals surface area contributed by atoms with Gasteiger partial charge in [0.25, 0.3) is 0 Å². The zero-order chi connectivity index (χ0) is 13.9. The minimum atomic E-state index is 0.0442. The fourth-order valence-electron chi connectivity index (χ4n) is 1.63. The molecule has 0 radical (unpaired) electrons. The number of nitrogens with one attached hydrogen (secondary N) is 1. The highest BCUT2D eigenvalue weighted by atomic mass is 16.5. The number of hydrogen-bond acceptors (Lipinski definition) is 3. The van der Waals surface area contributed by atoms with Crippen molar-refractivity contribution >= 4 is 5.91 Å². The van der Waals surface area contributed by atoms with Crippen molar-refractivity contribution in [3.05, 3.63) is 29.8 Å². The van der Waals surface area contributed by atoms with Crippen LogP contribution in [0.1, 0.15) is 38.2 Å². The first-order chi connectivity index (χ1) is 9.26. The SMILES string of the molecule is CCCCOc1cccc(CNC(=O)CCCN)c1. The lowest BCUT2D eigenvalue weighted by Gasteiger charge is -2.08. The molecule has 0 spiro atoms. The molecule has 1 aromatic carbocycles. The summed E-state index contributed by atoms with van der Waals surface area (Å²) >= 11 is 0. The van der Waals surface area contributed by atoms with Crippen molar-refractivity contribution in [3.8, 4) is 5.75 Å². The molecule has 0 fully saturated rings. The monoisotopic (exact) mass is 264 g/mol. The fourth-order valence-corrected chi connectivity index (χ4v) is 1.63. The molecule has 0 aromatic heterocycles. The summed E-state index contributed by atoms with van der Waals surface area (Å²) in [5.74, 6) is 0.907. The molecule has 0 unspecified atom stereocenters. The third-order valence-corrected chi connectivity index (χ3v) is 2.76. The second-order valence-electron chi connectivity index (χ2n) is 4.52. The maximum atomic E-state index is 11.5. The predicted molar refractivity (Wildman–Crippen MR) is 77.0 cm³/mol. The first kappa shape index (κ1) is 15.5. The number of carbonyl (C=O) groups excluding carboxylic acids is 1. The van der Waals surface area contributed by atoms with Crippen LogP contribution in [-0.2, 0) is 11.3 Å². The molecule has 0 aliphatic carbocycles. The number of carbonyl (C=O) groups is 1. The summed E-state index contributed by atoms with van der Waals surface area (Å²) in [6.07, 6.45) is 3.39. The summed E-state index contributed by atoms with van der Waals surface area (Å²) < 4.78 is 5.63. The third kappa shape index (κ3) is 6.82. The van der Waals surface area contributed by atoms with Crippen LogP contribution >= 0.6 is 0 Å². The summed E-state index contributed by atoms with van der Waals surface area (Å²) in [7, 11) is 0. The van der Waals surface area contributed by atoms with Gasteiger partial charge in [-0.1, -0.05) is 25.5 Å². The highest BCUT2D eigenvalue weighted by Crippen LogP contribution is 2.13. The zero-order valence-corrected chi connectivity index (χ0v) is 11.7. The molecule has 4 heteroatoms.